The van der Waals surface area contributed by atoms with Crippen molar-refractivity contribution in [2.45, 2.75) is 51.0 Å². The standard InChI is InChI=1S/C17H30N2/c1-3-12-19(13-4-2)15-17(10-6-5-7-11-17)14-18-16-8-9-16/h3-4,16,18H,1-2,5-15H2. The van der Waals surface area contributed by atoms with Gasteiger partial charge < -0.3 is 5.32 Å². The largest absolute Gasteiger partial charge is 0.313 e. The fourth-order valence-electron chi connectivity index (χ4n) is 3.38. The van der Waals surface area contributed by atoms with Gasteiger partial charge in [0.2, 0.25) is 0 Å². The lowest BCUT2D eigenvalue weighted by Crippen LogP contribution is -2.46. The number of hydrogen-bond donors (Lipinski definition) is 1. The summed E-state index contributed by atoms with van der Waals surface area (Å²) in [6.45, 7) is 12.2. The average Bonchev–Trinajstić information content (AvgIpc) is 3.22. The lowest BCUT2D eigenvalue weighted by atomic mass is 9.73. The van der Waals surface area contributed by atoms with Crippen LogP contribution in [-0.2, 0) is 0 Å². The summed E-state index contributed by atoms with van der Waals surface area (Å²) in [6.07, 6.45) is 13.8. The Labute approximate surface area is 118 Å². The highest BCUT2D eigenvalue weighted by Crippen LogP contribution is 2.37. The molecule has 2 rings (SSSR count). The molecule has 0 aliphatic heterocycles. The van der Waals surface area contributed by atoms with Crippen molar-refractivity contribution in [3.05, 3.63) is 25.3 Å². The molecule has 0 saturated heterocycles. The molecule has 2 aliphatic rings. The van der Waals surface area contributed by atoms with E-state index in [1.165, 1.54) is 58.0 Å². The Morgan fingerprint density at radius 2 is 1.68 bits per heavy atom. The molecule has 0 aromatic rings. The van der Waals surface area contributed by atoms with Crippen molar-refractivity contribution in [1.82, 2.24) is 10.2 Å². The molecule has 19 heavy (non-hydrogen) atoms. The number of nitrogens with zero attached hydrogens (tertiary/aromatic N) is 1. The first kappa shape index (κ1) is 14.8. The van der Waals surface area contributed by atoms with Crippen molar-refractivity contribution in [3.63, 3.8) is 0 Å². The maximum atomic E-state index is 3.89. The molecule has 1 N–H and O–H groups in total. The van der Waals surface area contributed by atoms with Crippen LogP contribution in [0.1, 0.15) is 44.9 Å². The van der Waals surface area contributed by atoms with Gasteiger partial charge in [0.15, 0.2) is 0 Å². The first-order valence-electron chi connectivity index (χ1n) is 7.95. The van der Waals surface area contributed by atoms with Crippen LogP contribution in [0.5, 0.6) is 0 Å². The van der Waals surface area contributed by atoms with Gasteiger partial charge in [0.05, 0.1) is 0 Å². The van der Waals surface area contributed by atoms with Crippen molar-refractivity contribution in [3.8, 4) is 0 Å². The van der Waals surface area contributed by atoms with Crippen molar-refractivity contribution in [1.29, 1.82) is 0 Å². The second kappa shape index (κ2) is 7.25. The summed E-state index contributed by atoms with van der Waals surface area (Å²) in [6, 6.07) is 0.825. The van der Waals surface area contributed by atoms with E-state index in [4.69, 9.17) is 0 Å². The highest BCUT2D eigenvalue weighted by molar-refractivity contribution is 4.93. The van der Waals surface area contributed by atoms with Crippen LogP contribution in [0.2, 0.25) is 0 Å². The minimum absolute atomic E-state index is 0.493. The third-order valence-electron chi connectivity index (χ3n) is 4.59. The summed E-state index contributed by atoms with van der Waals surface area (Å²) in [7, 11) is 0. The van der Waals surface area contributed by atoms with Crippen molar-refractivity contribution < 1.29 is 0 Å². The second-order valence-electron chi connectivity index (χ2n) is 6.49. The molecule has 2 heteroatoms. The van der Waals surface area contributed by atoms with Crippen LogP contribution in [0, 0.1) is 5.41 Å². The second-order valence-corrected chi connectivity index (χ2v) is 6.49. The minimum Gasteiger partial charge on any atom is -0.313 e. The molecule has 0 aromatic heterocycles. The molecule has 0 amide bonds. The quantitative estimate of drug-likeness (QED) is 0.641. The molecule has 2 saturated carbocycles. The van der Waals surface area contributed by atoms with Crippen LogP contribution >= 0.6 is 0 Å². The average molecular weight is 262 g/mol. The lowest BCUT2D eigenvalue weighted by molar-refractivity contribution is 0.115. The summed E-state index contributed by atoms with van der Waals surface area (Å²) in [5.41, 5.74) is 0.493. The molecule has 0 aromatic carbocycles. The molecule has 0 spiro atoms. The van der Waals surface area contributed by atoms with E-state index < -0.39 is 0 Å². The van der Waals surface area contributed by atoms with Crippen LogP contribution in [0.15, 0.2) is 25.3 Å². The van der Waals surface area contributed by atoms with Crippen molar-refractivity contribution >= 4 is 0 Å². The van der Waals surface area contributed by atoms with E-state index in [2.05, 4.69) is 23.4 Å². The highest BCUT2D eigenvalue weighted by atomic mass is 15.1. The van der Waals surface area contributed by atoms with E-state index in [-0.39, 0.29) is 0 Å². The van der Waals surface area contributed by atoms with Crippen LogP contribution in [-0.4, -0.2) is 37.1 Å². The number of rotatable bonds is 9. The van der Waals surface area contributed by atoms with E-state index in [1.807, 2.05) is 12.2 Å². The van der Waals surface area contributed by atoms with E-state index >= 15 is 0 Å². The van der Waals surface area contributed by atoms with Crippen LogP contribution in [0.4, 0.5) is 0 Å². The van der Waals surface area contributed by atoms with Gasteiger partial charge in [0, 0.05) is 32.2 Å². The van der Waals surface area contributed by atoms with Gasteiger partial charge in [-0.2, -0.15) is 0 Å². The van der Waals surface area contributed by atoms with Crippen LogP contribution < -0.4 is 5.32 Å². The summed E-state index contributed by atoms with van der Waals surface area (Å²) < 4.78 is 0. The molecule has 0 unspecified atom stereocenters. The van der Waals surface area contributed by atoms with Gasteiger partial charge in [-0.05, 0) is 31.1 Å². The molecule has 2 fully saturated rings. The lowest BCUT2D eigenvalue weighted by Gasteiger charge is -2.41. The summed E-state index contributed by atoms with van der Waals surface area (Å²) >= 11 is 0. The van der Waals surface area contributed by atoms with Gasteiger partial charge in [0.1, 0.15) is 0 Å². The predicted molar refractivity (Wildman–Crippen MR) is 83.4 cm³/mol. The number of hydrogen-bond acceptors (Lipinski definition) is 2. The molecule has 108 valence electrons. The van der Waals surface area contributed by atoms with E-state index in [0.717, 1.165) is 19.1 Å². The van der Waals surface area contributed by atoms with Gasteiger partial charge in [0.25, 0.3) is 0 Å². The minimum atomic E-state index is 0.493. The molecule has 0 bridgehead atoms. The van der Waals surface area contributed by atoms with Crippen molar-refractivity contribution in [2.24, 2.45) is 5.41 Å². The molecule has 2 nitrogen and oxygen atoms in total. The third-order valence-corrected chi connectivity index (χ3v) is 4.59. The topological polar surface area (TPSA) is 15.3 Å². The molecule has 2 aliphatic carbocycles. The Morgan fingerprint density at radius 3 is 2.21 bits per heavy atom. The molecule has 0 heterocycles. The SMILES string of the molecule is C=CCN(CC=C)CC1(CNC2CC2)CCCCC1. The zero-order valence-electron chi connectivity index (χ0n) is 12.4. The smallest absolute Gasteiger partial charge is 0.0164 e. The Balaban J connectivity index is 1.93. The molecule has 0 radical (unpaired) electrons. The fraction of sp³-hybridized carbons (Fsp3) is 0.765. The van der Waals surface area contributed by atoms with Crippen LogP contribution in [0.3, 0.4) is 0 Å². The Hall–Kier alpha value is -0.600. The Morgan fingerprint density at radius 1 is 1.05 bits per heavy atom. The van der Waals surface area contributed by atoms with Gasteiger partial charge in [-0.3, -0.25) is 4.90 Å². The van der Waals surface area contributed by atoms with E-state index in [1.54, 1.807) is 0 Å². The predicted octanol–water partition coefficient (Wildman–Crippen LogP) is 3.36. The monoisotopic (exact) mass is 262 g/mol. The van der Waals surface area contributed by atoms with Crippen LogP contribution in [0.25, 0.3) is 0 Å². The first-order valence-corrected chi connectivity index (χ1v) is 7.95. The Kier molecular flexibility index (Phi) is 5.65. The van der Waals surface area contributed by atoms with Crippen molar-refractivity contribution in [2.75, 3.05) is 26.2 Å². The molecule has 0 atom stereocenters. The van der Waals surface area contributed by atoms with Gasteiger partial charge in [-0.25, -0.2) is 0 Å². The highest BCUT2D eigenvalue weighted by Gasteiger charge is 2.35. The number of nitrogens with one attached hydrogen (secondary N) is 1. The van der Waals surface area contributed by atoms with E-state index in [0.29, 0.717) is 5.41 Å². The van der Waals surface area contributed by atoms with Gasteiger partial charge in [-0.1, -0.05) is 31.4 Å². The molecular weight excluding hydrogens is 232 g/mol. The third kappa shape index (κ3) is 4.77. The zero-order chi connectivity index (χ0) is 13.6. The molecular formula is C17H30N2. The summed E-state index contributed by atoms with van der Waals surface area (Å²) in [4.78, 5) is 2.50. The maximum absolute atomic E-state index is 3.89. The van der Waals surface area contributed by atoms with Gasteiger partial charge >= 0.3 is 0 Å². The van der Waals surface area contributed by atoms with E-state index in [9.17, 15) is 0 Å². The Bertz CT molecular complexity index is 278. The summed E-state index contributed by atoms with van der Waals surface area (Å²) in [5, 5.41) is 3.78. The first-order chi connectivity index (χ1) is 9.28. The van der Waals surface area contributed by atoms with Gasteiger partial charge in [-0.15, -0.1) is 13.2 Å². The normalized spacial score (nSPS) is 22.4. The zero-order valence-corrected chi connectivity index (χ0v) is 12.4. The summed E-state index contributed by atoms with van der Waals surface area (Å²) in [5.74, 6) is 0. The fourth-order valence-corrected chi connectivity index (χ4v) is 3.38. The maximum Gasteiger partial charge on any atom is 0.0164 e.